The van der Waals surface area contributed by atoms with Gasteiger partial charge < -0.3 is 23.5 Å². The van der Waals surface area contributed by atoms with Crippen molar-refractivity contribution < 1.29 is 18.1 Å². The number of amides is 1. The molecule has 1 unspecified atom stereocenters. The van der Waals surface area contributed by atoms with Gasteiger partial charge in [-0.15, -0.1) is 24.0 Å². The monoisotopic (exact) mass is 626 g/mol. The number of nitrogens with one attached hydrogen (secondary N) is 1. The maximum atomic E-state index is 11.6. The third-order valence-corrected chi connectivity index (χ3v) is 8.93. The second-order valence-corrected chi connectivity index (χ2v) is 11.6. The minimum Gasteiger partial charge on any atom is -0.373 e. The molecule has 0 heterocycles. The summed E-state index contributed by atoms with van der Waals surface area (Å²) in [7, 11) is -2.85. The van der Waals surface area contributed by atoms with Crippen molar-refractivity contribution in [3.8, 4) is 0 Å². The van der Waals surface area contributed by atoms with Crippen LogP contribution in [0.5, 0.6) is 0 Å². The van der Waals surface area contributed by atoms with Crippen LogP contribution in [0.3, 0.4) is 0 Å². The van der Waals surface area contributed by atoms with Crippen LogP contribution in [0.25, 0.3) is 0 Å². The third kappa shape index (κ3) is 9.97. The number of halogens is 1. The van der Waals surface area contributed by atoms with Crippen molar-refractivity contribution in [1.29, 1.82) is 0 Å². The van der Waals surface area contributed by atoms with Crippen molar-refractivity contribution in [2.45, 2.75) is 58.9 Å². The molecule has 2 rings (SSSR count). The van der Waals surface area contributed by atoms with Gasteiger partial charge in [-0.3, -0.25) is 4.79 Å². The second kappa shape index (κ2) is 17.7. The van der Waals surface area contributed by atoms with Gasteiger partial charge in [0.2, 0.25) is 5.91 Å². The fourth-order valence-corrected chi connectivity index (χ4v) is 6.77. The number of para-hydroxylation sites is 1. The molecule has 0 saturated heterocycles. The van der Waals surface area contributed by atoms with Crippen molar-refractivity contribution in [1.82, 2.24) is 0 Å². The number of hydrogen-bond acceptors (Lipinski definition) is 5. The van der Waals surface area contributed by atoms with Crippen LogP contribution in [0.2, 0.25) is 5.54 Å². The number of nitrogens with zero attached hydrogens (tertiary/aromatic N) is 1. The number of rotatable bonds is 17. The first-order valence-electron chi connectivity index (χ1n) is 12.8. The fraction of sp³-hybridized carbons (Fsp3) is 0.464. The lowest BCUT2D eigenvalue weighted by Crippen LogP contribution is -2.50. The maximum absolute atomic E-state index is 11.6. The quantitative estimate of drug-likeness (QED) is 0.112. The van der Waals surface area contributed by atoms with E-state index in [4.69, 9.17) is 13.3 Å². The van der Waals surface area contributed by atoms with Crippen molar-refractivity contribution >= 4 is 55.8 Å². The Morgan fingerprint density at radius 3 is 1.89 bits per heavy atom. The van der Waals surface area contributed by atoms with Crippen LogP contribution in [0.4, 0.5) is 17.1 Å². The normalized spacial score (nSPS) is 11.9. The predicted molar refractivity (Wildman–Crippen MR) is 163 cm³/mol. The molecule has 0 fully saturated rings. The van der Waals surface area contributed by atoms with Crippen LogP contribution in [0.15, 0.2) is 67.3 Å². The molecule has 0 spiro atoms. The number of hydrogen-bond donors (Lipinski definition) is 1. The molecular weight excluding hydrogens is 583 g/mol. The maximum Gasteiger partial charge on any atom is 0.504 e. The highest BCUT2D eigenvalue weighted by Gasteiger charge is 2.47. The van der Waals surface area contributed by atoms with Gasteiger partial charge in [0.05, 0.1) is 0 Å². The highest BCUT2D eigenvalue weighted by atomic mass is 127. The Kier molecular flexibility index (Phi) is 15.9. The smallest absolute Gasteiger partial charge is 0.373 e. The molecular formula is C28H43IN2O4Si. The minimum atomic E-state index is -2.85. The van der Waals surface area contributed by atoms with E-state index in [0.29, 0.717) is 19.8 Å². The standard InChI is InChI=1S/C28H42N2O4Si.HI/c1-6-21-32-35(33-22-7-2,34-23-8-3)24(5)19-20-30(26-13-11-10-12-14-26)27-17-15-25(16-18-27)29-28(31)9-4;/h9-18,24H,4,6-8,19-23H2,1-3,5H3,(H,29,31);1H. The molecule has 200 valence electrons. The van der Waals surface area contributed by atoms with E-state index >= 15 is 0 Å². The van der Waals surface area contributed by atoms with E-state index in [2.05, 4.69) is 56.6 Å². The number of carbonyl (C=O) groups excluding carboxylic acids is 1. The van der Waals surface area contributed by atoms with E-state index in [-0.39, 0.29) is 35.4 Å². The topological polar surface area (TPSA) is 60.0 Å². The van der Waals surface area contributed by atoms with E-state index in [1.54, 1.807) is 0 Å². The summed E-state index contributed by atoms with van der Waals surface area (Å²) in [6.45, 7) is 14.8. The number of carbonyl (C=O) groups is 1. The van der Waals surface area contributed by atoms with Crippen molar-refractivity contribution in [2.24, 2.45) is 0 Å². The van der Waals surface area contributed by atoms with Gasteiger partial charge in [0.25, 0.3) is 0 Å². The molecule has 36 heavy (non-hydrogen) atoms. The molecule has 0 radical (unpaired) electrons. The number of benzene rings is 2. The van der Waals surface area contributed by atoms with E-state index < -0.39 is 8.80 Å². The van der Waals surface area contributed by atoms with Crippen molar-refractivity contribution in [3.05, 3.63) is 67.3 Å². The van der Waals surface area contributed by atoms with Crippen molar-refractivity contribution in [3.63, 3.8) is 0 Å². The first-order chi connectivity index (χ1) is 17.0. The highest BCUT2D eigenvalue weighted by Crippen LogP contribution is 2.33. The largest absolute Gasteiger partial charge is 0.504 e. The Bertz CT molecular complexity index is 861. The van der Waals surface area contributed by atoms with Gasteiger partial charge in [0.1, 0.15) is 0 Å². The fourth-order valence-electron chi connectivity index (χ4n) is 3.72. The average Bonchev–Trinajstić information content (AvgIpc) is 2.90. The highest BCUT2D eigenvalue weighted by molar-refractivity contribution is 14.0. The average molecular weight is 627 g/mol. The molecule has 0 aromatic heterocycles. The van der Waals surface area contributed by atoms with Gasteiger partial charge in [-0.1, -0.05) is 52.5 Å². The molecule has 0 saturated carbocycles. The SMILES string of the molecule is C=CC(=O)Nc1ccc(N(CCC(C)[Si](OCCC)(OCCC)OCCC)c2ccccc2)cc1.I. The Hall–Kier alpha value is -1.72. The molecule has 2 aromatic carbocycles. The minimum absolute atomic E-state index is 0. The summed E-state index contributed by atoms with van der Waals surface area (Å²) in [5.74, 6) is -0.223. The van der Waals surface area contributed by atoms with E-state index in [1.165, 1.54) is 6.08 Å². The van der Waals surface area contributed by atoms with Crippen molar-refractivity contribution in [2.75, 3.05) is 36.6 Å². The summed E-state index contributed by atoms with van der Waals surface area (Å²) in [6, 6.07) is 18.2. The summed E-state index contributed by atoms with van der Waals surface area (Å²) >= 11 is 0. The van der Waals surface area contributed by atoms with E-state index in [0.717, 1.165) is 49.3 Å². The Balaban J connectivity index is 0.00000648. The molecule has 1 N–H and O–H groups in total. The molecule has 0 aliphatic rings. The molecule has 1 atom stereocenters. The van der Waals surface area contributed by atoms with Crippen LogP contribution in [0.1, 0.15) is 53.4 Å². The number of anilines is 3. The zero-order chi connectivity index (χ0) is 25.5. The molecule has 2 aromatic rings. The molecule has 6 nitrogen and oxygen atoms in total. The van der Waals surface area contributed by atoms with Gasteiger partial charge >= 0.3 is 8.80 Å². The Morgan fingerprint density at radius 2 is 1.42 bits per heavy atom. The van der Waals surface area contributed by atoms with Gasteiger partial charge in [-0.25, -0.2) is 0 Å². The van der Waals surface area contributed by atoms with Crippen LogP contribution in [0, 0.1) is 0 Å². The van der Waals surface area contributed by atoms with Crippen LogP contribution < -0.4 is 10.2 Å². The summed E-state index contributed by atoms with van der Waals surface area (Å²) in [4.78, 5) is 13.9. The van der Waals surface area contributed by atoms with Gasteiger partial charge in [0.15, 0.2) is 0 Å². The van der Waals surface area contributed by atoms with Gasteiger partial charge in [-0.2, -0.15) is 0 Å². The summed E-state index contributed by atoms with van der Waals surface area (Å²) in [5.41, 5.74) is 3.03. The Labute approximate surface area is 235 Å². The third-order valence-electron chi connectivity index (χ3n) is 5.61. The molecule has 0 aliphatic carbocycles. The molecule has 1 amide bonds. The van der Waals surface area contributed by atoms with Crippen LogP contribution in [-0.4, -0.2) is 41.1 Å². The predicted octanol–water partition coefficient (Wildman–Crippen LogP) is 7.57. The van der Waals surface area contributed by atoms with E-state index in [1.807, 2.05) is 42.5 Å². The summed E-state index contributed by atoms with van der Waals surface area (Å²) in [5, 5.41) is 2.81. The lowest BCUT2D eigenvalue weighted by Gasteiger charge is -2.35. The van der Waals surface area contributed by atoms with Gasteiger partial charge in [0, 0.05) is 49.0 Å². The zero-order valence-electron chi connectivity index (χ0n) is 22.2. The summed E-state index contributed by atoms with van der Waals surface area (Å²) < 4.78 is 19.1. The lowest BCUT2D eigenvalue weighted by atomic mass is 10.2. The molecule has 0 aliphatic heterocycles. The summed E-state index contributed by atoms with van der Waals surface area (Å²) in [6.07, 6.45) is 4.91. The lowest BCUT2D eigenvalue weighted by molar-refractivity contribution is -0.111. The van der Waals surface area contributed by atoms with E-state index in [9.17, 15) is 4.79 Å². The van der Waals surface area contributed by atoms with Crippen LogP contribution in [-0.2, 0) is 18.1 Å². The second-order valence-electron chi connectivity index (χ2n) is 8.57. The Morgan fingerprint density at radius 1 is 0.917 bits per heavy atom. The molecule has 8 heteroatoms. The van der Waals surface area contributed by atoms with Crippen LogP contribution >= 0.6 is 24.0 Å². The molecule has 0 bridgehead atoms. The zero-order valence-corrected chi connectivity index (χ0v) is 25.5. The first-order valence-corrected chi connectivity index (χ1v) is 14.6. The van der Waals surface area contributed by atoms with Gasteiger partial charge in [-0.05, 0) is 68.2 Å². The first kappa shape index (κ1) is 32.3.